The third kappa shape index (κ3) is 3.31. The van der Waals surface area contributed by atoms with Gasteiger partial charge in [0.05, 0.1) is 0 Å². The second-order valence-corrected chi connectivity index (χ2v) is 5.92. The van der Waals surface area contributed by atoms with E-state index in [0.29, 0.717) is 30.2 Å². The number of aryl methyl sites for hydroxylation is 1. The molecule has 7 nitrogen and oxygen atoms in total. The Morgan fingerprint density at radius 1 is 1.30 bits per heavy atom. The number of benzene rings is 1. The maximum Gasteiger partial charge on any atom is 0.327 e. The van der Waals surface area contributed by atoms with E-state index in [1.165, 1.54) is 0 Å². The first kappa shape index (κ1) is 15.4. The van der Waals surface area contributed by atoms with E-state index < -0.39 is 0 Å². The van der Waals surface area contributed by atoms with Gasteiger partial charge in [-0.2, -0.15) is 21.7 Å². The number of thioether (sulfide) groups is 1. The normalized spacial score (nSPS) is 11.0. The molecule has 3 N–H and O–H groups in total. The molecule has 0 aliphatic rings. The van der Waals surface area contributed by atoms with E-state index in [-0.39, 0.29) is 11.6 Å². The van der Waals surface area contributed by atoms with Gasteiger partial charge in [0.2, 0.25) is 11.8 Å². The minimum absolute atomic E-state index is 0.0684. The molecule has 0 unspecified atom stereocenters. The molecule has 0 saturated carbocycles. The van der Waals surface area contributed by atoms with Crippen LogP contribution in [0.2, 0.25) is 0 Å². The second-order valence-electron chi connectivity index (χ2n) is 4.93. The average molecular weight is 331 g/mol. The highest BCUT2D eigenvalue weighted by Crippen LogP contribution is 2.22. The number of H-pyrrole nitrogens is 1. The minimum Gasteiger partial charge on any atom is -0.471 e. The molecule has 3 rings (SSSR count). The first-order valence-electron chi connectivity index (χ1n) is 7.10. The number of hydrogen-bond donors (Lipinski definition) is 2. The Hall–Kier alpha value is -2.48. The van der Waals surface area contributed by atoms with Crippen LogP contribution in [0.4, 0.5) is 5.95 Å². The van der Waals surface area contributed by atoms with Crippen molar-refractivity contribution in [3.8, 4) is 5.88 Å². The lowest BCUT2D eigenvalue weighted by molar-refractivity contribution is 0.296. The predicted octanol–water partition coefficient (Wildman–Crippen LogP) is 1.64. The number of fused-ring (bicyclic) bond motifs is 1. The fourth-order valence-corrected chi connectivity index (χ4v) is 2.64. The maximum atomic E-state index is 12.1. The summed E-state index contributed by atoms with van der Waals surface area (Å²) in [6.07, 6.45) is 1.99. The molecular formula is C15H17N5O2S. The van der Waals surface area contributed by atoms with Gasteiger partial charge in [0.1, 0.15) is 6.61 Å². The van der Waals surface area contributed by atoms with Gasteiger partial charge in [-0.3, -0.25) is 9.55 Å². The first-order chi connectivity index (χ1) is 11.2. The molecule has 0 spiro atoms. The van der Waals surface area contributed by atoms with E-state index in [9.17, 15) is 4.79 Å². The van der Waals surface area contributed by atoms with Gasteiger partial charge in [-0.15, -0.1) is 0 Å². The highest BCUT2D eigenvalue weighted by molar-refractivity contribution is 7.98. The highest BCUT2D eigenvalue weighted by Gasteiger charge is 2.16. The van der Waals surface area contributed by atoms with Crippen molar-refractivity contribution < 1.29 is 4.74 Å². The zero-order valence-electron chi connectivity index (χ0n) is 12.7. The second kappa shape index (κ2) is 6.74. The molecule has 0 atom stereocenters. The van der Waals surface area contributed by atoms with Crippen molar-refractivity contribution in [3.63, 3.8) is 0 Å². The number of nitrogen functional groups attached to an aromatic ring is 1. The fraction of sp³-hybridized carbons (Fsp3) is 0.267. The third-order valence-electron chi connectivity index (χ3n) is 3.35. The van der Waals surface area contributed by atoms with Crippen LogP contribution in [0.1, 0.15) is 5.56 Å². The number of imidazole rings is 1. The van der Waals surface area contributed by atoms with Crippen molar-refractivity contribution in [1.82, 2.24) is 19.5 Å². The average Bonchev–Trinajstić information content (AvgIpc) is 2.86. The molecule has 120 valence electrons. The molecule has 2 heterocycles. The number of ether oxygens (including phenoxy) is 1. The summed E-state index contributed by atoms with van der Waals surface area (Å²) in [5.41, 5.74) is 7.43. The molecule has 0 amide bonds. The number of hydrogen-bond acceptors (Lipinski definition) is 6. The zero-order chi connectivity index (χ0) is 16.2. The monoisotopic (exact) mass is 331 g/mol. The Morgan fingerprint density at radius 3 is 2.83 bits per heavy atom. The van der Waals surface area contributed by atoms with Crippen molar-refractivity contribution in [3.05, 3.63) is 46.4 Å². The molecule has 0 radical (unpaired) electrons. The summed E-state index contributed by atoms with van der Waals surface area (Å²) in [6.45, 7) is 0.892. The Morgan fingerprint density at radius 2 is 2.09 bits per heavy atom. The van der Waals surface area contributed by atoms with Crippen LogP contribution < -0.4 is 16.2 Å². The summed E-state index contributed by atoms with van der Waals surface area (Å²) in [6, 6.07) is 9.73. The van der Waals surface area contributed by atoms with Gasteiger partial charge in [0.25, 0.3) is 0 Å². The van der Waals surface area contributed by atoms with Gasteiger partial charge in [0, 0.05) is 12.3 Å². The molecule has 0 fully saturated rings. The molecule has 2 aromatic heterocycles. The van der Waals surface area contributed by atoms with Gasteiger partial charge in [-0.05, 0) is 11.8 Å². The molecule has 0 bridgehead atoms. The van der Waals surface area contributed by atoms with Crippen LogP contribution in [0.25, 0.3) is 11.2 Å². The predicted molar refractivity (Wildman–Crippen MR) is 91.7 cm³/mol. The number of aromatic nitrogens is 4. The third-order valence-corrected chi connectivity index (χ3v) is 3.94. The van der Waals surface area contributed by atoms with Gasteiger partial charge in [-0.1, -0.05) is 30.3 Å². The van der Waals surface area contributed by atoms with E-state index in [0.717, 1.165) is 11.3 Å². The highest BCUT2D eigenvalue weighted by atomic mass is 32.2. The quantitative estimate of drug-likeness (QED) is 0.712. The lowest BCUT2D eigenvalue weighted by Gasteiger charge is -2.09. The molecule has 0 aliphatic carbocycles. The van der Waals surface area contributed by atoms with Crippen LogP contribution in [0.15, 0.2) is 35.1 Å². The zero-order valence-corrected chi connectivity index (χ0v) is 13.5. The van der Waals surface area contributed by atoms with Crippen molar-refractivity contribution in [2.45, 2.75) is 13.2 Å². The molecule has 1 aromatic carbocycles. The molecule has 3 aromatic rings. The molecular weight excluding hydrogens is 314 g/mol. The summed E-state index contributed by atoms with van der Waals surface area (Å²) in [7, 11) is 0. The van der Waals surface area contributed by atoms with Gasteiger partial charge < -0.3 is 10.5 Å². The molecule has 0 aliphatic heterocycles. The summed E-state index contributed by atoms with van der Waals surface area (Å²) in [5.74, 6) is 1.18. The number of rotatable bonds is 6. The summed E-state index contributed by atoms with van der Waals surface area (Å²) >= 11 is 1.66. The SMILES string of the molecule is CSCCn1c(=O)[nH]c2nc(N)nc(OCc3ccccc3)c21. The Balaban J connectivity index is 1.99. The fourth-order valence-electron chi connectivity index (χ4n) is 2.27. The summed E-state index contributed by atoms with van der Waals surface area (Å²) < 4.78 is 7.39. The topological polar surface area (TPSA) is 98.8 Å². The van der Waals surface area contributed by atoms with Crippen molar-refractivity contribution >= 4 is 28.9 Å². The smallest absolute Gasteiger partial charge is 0.327 e. The van der Waals surface area contributed by atoms with Crippen LogP contribution in [-0.2, 0) is 13.2 Å². The molecule has 0 saturated heterocycles. The number of nitrogens with two attached hydrogens (primary N) is 1. The first-order valence-corrected chi connectivity index (χ1v) is 8.50. The van der Waals surface area contributed by atoms with E-state index >= 15 is 0 Å². The van der Waals surface area contributed by atoms with Crippen LogP contribution in [0.5, 0.6) is 5.88 Å². The standard InChI is InChI=1S/C15H17N5O2S/c1-23-8-7-20-11-12(18-15(20)21)17-14(16)19-13(11)22-9-10-5-3-2-4-6-10/h2-6H,7-9H2,1H3,(H3,16,17,18,19,21). The molecule has 23 heavy (non-hydrogen) atoms. The van der Waals surface area contributed by atoms with Crippen molar-refractivity contribution in [2.75, 3.05) is 17.7 Å². The number of nitrogens with one attached hydrogen (secondary N) is 1. The lowest BCUT2D eigenvalue weighted by atomic mass is 10.2. The number of anilines is 1. The minimum atomic E-state index is -0.237. The number of aromatic amines is 1. The van der Waals surface area contributed by atoms with Gasteiger partial charge in [0.15, 0.2) is 11.2 Å². The maximum absolute atomic E-state index is 12.1. The van der Waals surface area contributed by atoms with Crippen LogP contribution in [0.3, 0.4) is 0 Å². The van der Waals surface area contributed by atoms with Crippen LogP contribution >= 0.6 is 11.8 Å². The Labute approximate surface area is 136 Å². The number of nitrogens with zero attached hydrogens (tertiary/aromatic N) is 3. The van der Waals surface area contributed by atoms with Gasteiger partial charge in [-0.25, -0.2) is 4.79 Å². The molecule has 8 heteroatoms. The lowest BCUT2D eigenvalue weighted by Crippen LogP contribution is -2.18. The Kier molecular flexibility index (Phi) is 4.52. The van der Waals surface area contributed by atoms with E-state index in [1.54, 1.807) is 16.3 Å². The summed E-state index contributed by atoms with van der Waals surface area (Å²) in [5, 5.41) is 0. The van der Waals surface area contributed by atoms with Crippen LogP contribution in [0, 0.1) is 0 Å². The van der Waals surface area contributed by atoms with E-state index in [2.05, 4.69) is 15.0 Å². The Bertz CT molecular complexity index is 859. The van der Waals surface area contributed by atoms with Crippen molar-refractivity contribution in [1.29, 1.82) is 0 Å². The summed E-state index contributed by atoms with van der Waals surface area (Å²) in [4.78, 5) is 23.1. The van der Waals surface area contributed by atoms with Gasteiger partial charge >= 0.3 is 5.69 Å². The van der Waals surface area contributed by atoms with Crippen molar-refractivity contribution in [2.24, 2.45) is 0 Å². The van der Waals surface area contributed by atoms with E-state index in [1.807, 2.05) is 36.6 Å². The largest absolute Gasteiger partial charge is 0.471 e. The van der Waals surface area contributed by atoms with E-state index in [4.69, 9.17) is 10.5 Å². The van der Waals surface area contributed by atoms with Crippen LogP contribution in [-0.4, -0.2) is 31.5 Å².